The maximum Gasteiger partial charge on any atom is 0.324 e. The number of fused-ring (bicyclic) bond motifs is 1. The normalized spacial score (nSPS) is 13.8. The highest BCUT2D eigenvalue weighted by Gasteiger charge is 2.22. The van der Waals surface area contributed by atoms with Crippen LogP contribution in [0, 0.1) is 6.92 Å². The van der Waals surface area contributed by atoms with Crippen LogP contribution in [0.5, 0.6) is 5.75 Å². The molecule has 0 atom stereocenters. The van der Waals surface area contributed by atoms with Crippen LogP contribution in [0.2, 0.25) is 0 Å². The minimum atomic E-state index is -0.360. The molecule has 6 rings (SSSR count). The van der Waals surface area contributed by atoms with Crippen molar-refractivity contribution >= 4 is 34.1 Å². The monoisotopic (exact) mass is 619 g/mol. The number of anilines is 3. The average Bonchev–Trinajstić information content (AvgIpc) is 3.49. The maximum absolute atomic E-state index is 13.4. The van der Waals surface area contributed by atoms with Crippen LogP contribution < -0.4 is 20.7 Å². The number of morpholine rings is 1. The number of ether oxygens (including phenoxy) is 2. The number of aryl methyl sites for hydroxylation is 1. The lowest BCUT2D eigenvalue weighted by Crippen LogP contribution is -2.39. The quantitative estimate of drug-likeness (QED) is 0.164. The largest absolute Gasteiger partial charge is 0.488 e. The van der Waals surface area contributed by atoms with E-state index in [0.717, 1.165) is 77.8 Å². The fourth-order valence-electron chi connectivity index (χ4n) is 5.27. The predicted molar refractivity (Wildman–Crippen MR) is 183 cm³/mol. The van der Waals surface area contributed by atoms with Gasteiger partial charge in [-0.25, -0.2) is 14.5 Å². The predicted octanol–water partition coefficient (Wildman–Crippen LogP) is 6.95. The molecule has 10 heteroatoms. The Morgan fingerprint density at radius 3 is 2.46 bits per heavy atom. The lowest BCUT2D eigenvalue weighted by atomic mass is 9.92. The third-order valence-electron chi connectivity index (χ3n) is 7.94. The summed E-state index contributed by atoms with van der Waals surface area (Å²) in [5.41, 5.74) is 4.40. The molecule has 10 nitrogen and oxygen atoms in total. The first-order chi connectivity index (χ1) is 22.2. The summed E-state index contributed by atoms with van der Waals surface area (Å²) in [6.07, 6.45) is 1.79. The molecule has 0 bridgehead atoms. The molecule has 3 N–H and O–H groups in total. The Hall–Kier alpha value is -4.93. The van der Waals surface area contributed by atoms with Gasteiger partial charge in [0, 0.05) is 41.5 Å². The van der Waals surface area contributed by atoms with Gasteiger partial charge < -0.3 is 20.1 Å². The third-order valence-corrected chi connectivity index (χ3v) is 7.94. The number of aromatic nitrogens is 3. The zero-order chi connectivity index (χ0) is 32.1. The van der Waals surface area contributed by atoms with Crippen LogP contribution in [-0.4, -0.2) is 58.7 Å². The molecule has 2 amide bonds. The number of hydrogen-bond donors (Lipinski definition) is 3. The van der Waals surface area contributed by atoms with E-state index in [0.29, 0.717) is 18.1 Å². The van der Waals surface area contributed by atoms with Crippen LogP contribution in [0.1, 0.15) is 37.6 Å². The van der Waals surface area contributed by atoms with Crippen molar-refractivity contribution in [2.45, 2.75) is 39.7 Å². The van der Waals surface area contributed by atoms with Crippen LogP contribution in [0.15, 0.2) is 85.1 Å². The number of nitrogens with zero attached hydrogens (tertiary/aromatic N) is 4. The molecule has 3 aromatic carbocycles. The van der Waals surface area contributed by atoms with Gasteiger partial charge in [0.2, 0.25) is 0 Å². The van der Waals surface area contributed by atoms with Crippen molar-refractivity contribution in [2.24, 2.45) is 0 Å². The van der Waals surface area contributed by atoms with E-state index in [1.54, 1.807) is 10.9 Å². The van der Waals surface area contributed by atoms with Crippen molar-refractivity contribution in [3.63, 3.8) is 0 Å². The summed E-state index contributed by atoms with van der Waals surface area (Å²) in [4.78, 5) is 20.2. The number of nitrogens with one attached hydrogen (secondary N) is 3. The molecule has 0 radical (unpaired) electrons. The molecule has 1 aliphatic heterocycles. The number of carbonyl (C=O) groups is 1. The lowest BCUT2D eigenvalue weighted by molar-refractivity contribution is 0.0414. The van der Waals surface area contributed by atoms with Gasteiger partial charge in [-0.2, -0.15) is 5.10 Å². The number of pyridine rings is 1. The maximum atomic E-state index is 13.4. The first kappa shape index (κ1) is 31.1. The Labute approximate surface area is 269 Å². The Bertz CT molecular complexity index is 1810. The third kappa shape index (κ3) is 7.47. The topological polar surface area (TPSA) is 106 Å². The highest BCUT2D eigenvalue weighted by atomic mass is 16.5. The van der Waals surface area contributed by atoms with E-state index in [1.165, 1.54) is 0 Å². The number of carbonyl (C=O) groups excluding carboxylic acids is 1. The van der Waals surface area contributed by atoms with Gasteiger partial charge in [0.1, 0.15) is 24.0 Å². The van der Waals surface area contributed by atoms with Gasteiger partial charge in [0.15, 0.2) is 0 Å². The zero-order valence-electron chi connectivity index (χ0n) is 26.8. The number of hydrogen-bond acceptors (Lipinski definition) is 7. The second kappa shape index (κ2) is 13.6. The SMILES string of the molecule is Cc1ccc(-n2nc(C(C)(C)C)cc2NC(=O)Nc2ccc(OCc3ccnc(NCN4CCOCC4)c3)c3ccccc23)cc1. The summed E-state index contributed by atoms with van der Waals surface area (Å²) in [6.45, 7) is 12.8. The van der Waals surface area contributed by atoms with Gasteiger partial charge in [0.05, 0.1) is 37.0 Å². The molecular weight excluding hydrogens is 578 g/mol. The zero-order valence-corrected chi connectivity index (χ0v) is 26.8. The van der Waals surface area contributed by atoms with Crippen LogP contribution in [0.25, 0.3) is 16.5 Å². The van der Waals surface area contributed by atoms with Gasteiger partial charge >= 0.3 is 6.03 Å². The first-order valence-electron chi connectivity index (χ1n) is 15.6. The minimum Gasteiger partial charge on any atom is -0.488 e. The van der Waals surface area contributed by atoms with Crippen molar-refractivity contribution < 1.29 is 14.3 Å². The first-order valence-corrected chi connectivity index (χ1v) is 15.6. The molecule has 0 saturated carbocycles. The van der Waals surface area contributed by atoms with Crippen LogP contribution >= 0.6 is 0 Å². The van der Waals surface area contributed by atoms with Crippen molar-refractivity contribution in [1.82, 2.24) is 19.7 Å². The summed E-state index contributed by atoms with van der Waals surface area (Å²) in [6, 6.07) is 25.3. The van der Waals surface area contributed by atoms with Gasteiger partial charge in [-0.05, 0) is 48.9 Å². The highest BCUT2D eigenvalue weighted by molar-refractivity contribution is 6.07. The molecule has 0 spiro atoms. The number of urea groups is 1. The molecule has 2 aromatic heterocycles. The van der Waals surface area contributed by atoms with Gasteiger partial charge in [-0.15, -0.1) is 0 Å². The van der Waals surface area contributed by atoms with E-state index in [1.807, 2.05) is 85.8 Å². The van der Waals surface area contributed by atoms with Crippen molar-refractivity contribution in [2.75, 3.05) is 48.9 Å². The summed E-state index contributed by atoms with van der Waals surface area (Å²) in [5, 5.41) is 16.1. The smallest absolute Gasteiger partial charge is 0.324 e. The molecule has 1 aliphatic rings. The van der Waals surface area contributed by atoms with Crippen LogP contribution in [-0.2, 0) is 16.8 Å². The number of amides is 2. The Balaban J connectivity index is 1.15. The second-order valence-electron chi connectivity index (χ2n) is 12.6. The highest BCUT2D eigenvalue weighted by Crippen LogP contribution is 2.33. The summed E-state index contributed by atoms with van der Waals surface area (Å²) >= 11 is 0. The molecule has 0 aliphatic carbocycles. The van der Waals surface area contributed by atoms with E-state index in [-0.39, 0.29) is 11.4 Å². The Morgan fingerprint density at radius 2 is 1.70 bits per heavy atom. The Kier molecular flexibility index (Phi) is 9.18. The van der Waals surface area contributed by atoms with Crippen molar-refractivity contribution in [3.8, 4) is 11.4 Å². The number of benzene rings is 3. The second-order valence-corrected chi connectivity index (χ2v) is 12.6. The fraction of sp³-hybridized carbons (Fsp3) is 0.306. The van der Waals surface area contributed by atoms with Gasteiger partial charge in [-0.1, -0.05) is 62.7 Å². The molecule has 0 unspecified atom stereocenters. The molecule has 238 valence electrons. The average molecular weight is 620 g/mol. The molecule has 1 fully saturated rings. The van der Waals surface area contributed by atoms with Gasteiger partial charge in [-0.3, -0.25) is 10.2 Å². The number of rotatable bonds is 9. The molecule has 3 heterocycles. The minimum absolute atomic E-state index is 0.188. The van der Waals surface area contributed by atoms with E-state index >= 15 is 0 Å². The van der Waals surface area contributed by atoms with Crippen LogP contribution in [0.3, 0.4) is 0 Å². The lowest BCUT2D eigenvalue weighted by Gasteiger charge is -2.26. The van der Waals surface area contributed by atoms with Crippen molar-refractivity contribution in [3.05, 3.63) is 102 Å². The van der Waals surface area contributed by atoms with Crippen molar-refractivity contribution in [1.29, 1.82) is 0 Å². The van der Waals surface area contributed by atoms with E-state index in [2.05, 4.69) is 46.6 Å². The molecule has 46 heavy (non-hydrogen) atoms. The summed E-state index contributed by atoms with van der Waals surface area (Å²) in [7, 11) is 0. The van der Waals surface area contributed by atoms with Crippen LogP contribution in [0.4, 0.5) is 22.1 Å². The fourth-order valence-corrected chi connectivity index (χ4v) is 5.27. The molecular formula is C36H41N7O3. The summed E-state index contributed by atoms with van der Waals surface area (Å²) in [5.74, 6) is 2.13. The van der Waals surface area contributed by atoms with E-state index in [9.17, 15) is 4.79 Å². The Morgan fingerprint density at radius 1 is 0.935 bits per heavy atom. The molecule has 5 aromatic rings. The molecule has 1 saturated heterocycles. The van der Waals surface area contributed by atoms with Gasteiger partial charge in [0.25, 0.3) is 0 Å². The van der Waals surface area contributed by atoms with E-state index < -0.39 is 0 Å². The van der Waals surface area contributed by atoms with E-state index in [4.69, 9.17) is 14.6 Å². The standard InChI is InChI=1S/C36H41N7O3/c1-25-9-11-27(12-10-25)43-34(22-32(41-43)36(2,3)4)40-35(44)39-30-13-14-31(29-8-6-5-7-28(29)30)46-23-26-15-16-37-33(21-26)38-24-42-17-19-45-20-18-42/h5-16,21-22H,17-20,23-24H2,1-4H3,(H,37,38)(H2,39,40,44). The summed E-state index contributed by atoms with van der Waals surface area (Å²) < 4.78 is 13.5.